The molecule has 2 N–H and O–H groups in total. The van der Waals surface area contributed by atoms with Crippen LogP contribution in [0.15, 0.2) is 36.7 Å². The van der Waals surface area contributed by atoms with Crippen molar-refractivity contribution in [2.75, 3.05) is 12.4 Å². The van der Waals surface area contributed by atoms with Crippen LogP contribution in [0.1, 0.15) is 42.9 Å². The van der Waals surface area contributed by atoms with E-state index in [2.05, 4.69) is 15.7 Å². The third-order valence-electron chi connectivity index (χ3n) is 4.62. The summed E-state index contributed by atoms with van der Waals surface area (Å²) in [6.45, 7) is 0.633. The Morgan fingerprint density at radius 3 is 2.64 bits per heavy atom. The van der Waals surface area contributed by atoms with Crippen molar-refractivity contribution >= 4 is 11.6 Å². The average Bonchev–Trinajstić information content (AvgIpc) is 3.27. The van der Waals surface area contributed by atoms with E-state index in [1.807, 2.05) is 37.5 Å². The van der Waals surface area contributed by atoms with Crippen LogP contribution < -0.4 is 10.6 Å². The summed E-state index contributed by atoms with van der Waals surface area (Å²) in [5.41, 5.74) is 2.74. The summed E-state index contributed by atoms with van der Waals surface area (Å²) >= 11 is 0. The number of hydrogen-bond acceptors (Lipinski definition) is 4. The lowest BCUT2D eigenvalue weighted by Crippen LogP contribution is -2.30. The van der Waals surface area contributed by atoms with Gasteiger partial charge in [0.15, 0.2) is 0 Å². The number of nitrogens with zero attached hydrogens (tertiary/aromatic N) is 2. The van der Waals surface area contributed by atoms with Crippen LogP contribution in [0.2, 0.25) is 0 Å². The number of rotatable bonds is 7. The zero-order valence-electron chi connectivity index (χ0n) is 14.9. The average molecular weight is 342 g/mol. The number of carbonyl (C=O) groups excluding carboxylic acids is 1. The fraction of sp³-hybridized carbons (Fsp3) is 0.474. The Morgan fingerprint density at radius 2 is 2.04 bits per heavy atom. The highest BCUT2D eigenvalue weighted by atomic mass is 16.5. The van der Waals surface area contributed by atoms with Gasteiger partial charge in [0.05, 0.1) is 18.9 Å². The van der Waals surface area contributed by atoms with Crippen molar-refractivity contribution in [1.82, 2.24) is 15.1 Å². The summed E-state index contributed by atoms with van der Waals surface area (Å²) in [4.78, 5) is 12.5. The Morgan fingerprint density at radius 1 is 1.32 bits per heavy atom. The van der Waals surface area contributed by atoms with Crippen LogP contribution in [0, 0.1) is 0 Å². The van der Waals surface area contributed by atoms with E-state index >= 15 is 0 Å². The first-order chi connectivity index (χ1) is 12.2. The molecule has 1 aliphatic rings. The van der Waals surface area contributed by atoms with E-state index < -0.39 is 6.04 Å². The van der Waals surface area contributed by atoms with Crippen LogP contribution in [0.4, 0.5) is 5.69 Å². The van der Waals surface area contributed by atoms with Crippen molar-refractivity contribution in [3.8, 4) is 0 Å². The number of anilines is 1. The molecule has 25 heavy (non-hydrogen) atoms. The van der Waals surface area contributed by atoms with Gasteiger partial charge < -0.3 is 15.4 Å². The summed E-state index contributed by atoms with van der Waals surface area (Å²) in [5, 5.41) is 10.1. The van der Waals surface area contributed by atoms with E-state index in [0.717, 1.165) is 16.8 Å². The quantitative estimate of drug-likeness (QED) is 0.812. The van der Waals surface area contributed by atoms with Gasteiger partial charge in [0.25, 0.3) is 0 Å². The van der Waals surface area contributed by atoms with E-state index in [1.165, 1.54) is 25.7 Å². The third-order valence-corrected chi connectivity index (χ3v) is 4.62. The van der Waals surface area contributed by atoms with Gasteiger partial charge in [0, 0.05) is 24.5 Å². The number of ether oxygens (including phenoxy) is 1. The molecule has 1 aromatic carbocycles. The number of nitrogens with one attached hydrogen (secondary N) is 2. The standard InChI is InChI=1S/C19H26N4O2/c1-20-18(15-11-21-23(2)12-15)19(24)22-16-9-7-14(8-10-16)13-25-17-5-3-4-6-17/h7-12,17-18,20H,3-6,13H2,1-2H3,(H,22,24). The highest BCUT2D eigenvalue weighted by molar-refractivity contribution is 5.95. The van der Waals surface area contributed by atoms with Crippen molar-refractivity contribution in [3.05, 3.63) is 47.8 Å². The summed E-state index contributed by atoms with van der Waals surface area (Å²) in [7, 11) is 3.60. The maximum absolute atomic E-state index is 12.5. The maximum Gasteiger partial charge on any atom is 0.246 e. The van der Waals surface area contributed by atoms with Gasteiger partial charge in [-0.2, -0.15) is 5.10 Å². The molecular formula is C19H26N4O2. The fourth-order valence-corrected chi connectivity index (χ4v) is 3.21. The molecule has 0 saturated heterocycles. The second kappa shape index (κ2) is 8.27. The lowest BCUT2D eigenvalue weighted by molar-refractivity contribution is -0.118. The van der Waals surface area contributed by atoms with Gasteiger partial charge in [-0.3, -0.25) is 9.48 Å². The molecule has 0 aliphatic heterocycles. The molecule has 0 radical (unpaired) electrons. The summed E-state index contributed by atoms with van der Waals surface area (Å²) in [5.74, 6) is -0.106. The van der Waals surface area contributed by atoms with Crippen molar-refractivity contribution < 1.29 is 9.53 Å². The molecule has 1 aromatic heterocycles. The number of hydrogen-bond donors (Lipinski definition) is 2. The van der Waals surface area contributed by atoms with Gasteiger partial charge in [0.1, 0.15) is 6.04 Å². The summed E-state index contributed by atoms with van der Waals surface area (Å²) in [6.07, 6.45) is 8.85. The Labute approximate surface area is 148 Å². The van der Waals surface area contributed by atoms with Gasteiger partial charge in [-0.25, -0.2) is 0 Å². The molecule has 2 aromatic rings. The molecular weight excluding hydrogens is 316 g/mol. The van der Waals surface area contributed by atoms with Gasteiger partial charge in [-0.15, -0.1) is 0 Å². The normalized spacial score (nSPS) is 16.1. The minimum atomic E-state index is -0.431. The molecule has 1 fully saturated rings. The largest absolute Gasteiger partial charge is 0.374 e. The summed E-state index contributed by atoms with van der Waals surface area (Å²) < 4.78 is 7.61. The van der Waals surface area contributed by atoms with E-state index in [9.17, 15) is 4.79 Å². The Kier molecular flexibility index (Phi) is 5.83. The third kappa shape index (κ3) is 4.67. The molecule has 0 spiro atoms. The molecule has 1 atom stereocenters. The second-order valence-corrected chi connectivity index (χ2v) is 6.57. The van der Waals surface area contributed by atoms with Gasteiger partial charge in [-0.1, -0.05) is 25.0 Å². The molecule has 134 valence electrons. The van der Waals surface area contributed by atoms with Gasteiger partial charge >= 0.3 is 0 Å². The minimum absolute atomic E-state index is 0.106. The minimum Gasteiger partial charge on any atom is -0.374 e. The number of carbonyl (C=O) groups is 1. The van der Waals surface area contributed by atoms with Crippen LogP contribution in [0.25, 0.3) is 0 Å². The smallest absolute Gasteiger partial charge is 0.246 e. The fourth-order valence-electron chi connectivity index (χ4n) is 3.21. The molecule has 1 amide bonds. The molecule has 0 bridgehead atoms. The first-order valence-electron chi connectivity index (χ1n) is 8.83. The molecule has 1 saturated carbocycles. The molecule has 6 nitrogen and oxygen atoms in total. The van der Waals surface area contributed by atoms with Crippen LogP contribution in [-0.4, -0.2) is 28.8 Å². The van der Waals surface area contributed by atoms with Crippen LogP contribution in [-0.2, 0) is 23.2 Å². The van der Waals surface area contributed by atoms with Crippen molar-refractivity contribution in [2.24, 2.45) is 7.05 Å². The topological polar surface area (TPSA) is 68.2 Å². The zero-order valence-corrected chi connectivity index (χ0v) is 14.9. The number of aromatic nitrogens is 2. The lowest BCUT2D eigenvalue weighted by atomic mass is 10.1. The highest BCUT2D eigenvalue weighted by Gasteiger charge is 2.20. The highest BCUT2D eigenvalue weighted by Crippen LogP contribution is 2.22. The first-order valence-corrected chi connectivity index (χ1v) is 8.83. The van der Waals surface area contributed by atoms with Crippen LogP contribution >= 0.6 is 0 Å². The van der Waals surface area contributed by atoms with Crippen LogP contribution in [0.3, 0.4) is 0 Å². The van der Waals surface area contributed by atoms with E-state index in [-0.39, 0.29) is 5.91 Å². The van der Waals surface area contributed by atoms with E-state index in [4.69, 9.17) is 4.74 Å². The van der Waals surface area contributed by atoms with Gasteiger partial charge in [0.2, 0.25) is 5.91 Å². The SMILES string of the molecule is CNC(C(=O)Nc1ccc(COC2CCCC2)cc1)c1cnn(C)c1. The predicted molar refractivity (Wildman–Crippen MR) is 97.1 cm³/mol. The number of aryl methyl sites for hydroxylation is 1. The molecule has 1 aliphatic carbocycles. The van der Waals surface area contributed by atoms with Crippen LogP contribution in [0.5, 0.6) is 0 Å². The number of benzene rings is 1. The van der Waals surface area contributed by atoms with Crippen molar-refractivity contribution in [3.63, 3.8) is 0 Å². The number of amides is 1. The Bertz CT molecular complexity index is 690. The van der Waals surface area contributed by atoms with Crippen molar-refractivity contribution in [2.45, 2.75) is 44.4 Å². The zero-order chi connectivity index (χ0) is 17.6. The molecule has 6 heteroatoms. The molecule has 1 heterocycles. The monoisotopic (exact) mass is 342 g/mol. The summed E-state index contributed by atoms with van der Waals surface area (Å²) in [6, 6.07) is 7.41. The predicted octanol–water partition coefficient (Wildman–Crippen LogP) is 2.78. The van der Waals surface area contributed by atoms with E-state index in [1.54, 1.807) is 17.9 Å². The van der Waals surface area contributed by atoms with Crippen molar-refractivity contribution in [1.29, 1.82) is 0 Å². The first kappa shape index (κ1) is 17.6. The Balaban J connectivity index is 1.55. The maximum atomic E-state index is 12.5. The van der Waals surface area contributed by atoms with Gasteiger partial charge in [-0.05, 0) is 37.6 Å². The lowest BCUT2D eigenvalue weighted by Gasteiger charge is -2.15. The second-order valence-electron chi connectivity index (χ2n) is 6.57. The Hall–Kier alpha value is -2.18. The molecule has 3 rings (SSSR count). The molecule has 1 unspecified atom stereocenters. The number of likely N-dealkylation sites (N-methyl/N-ethyl adjacent to an activating group) is 1. The van der Waals surface area contributed by atoms with E-state index in [0.29, 0.717) is 12.7 Å².